The Balaban J connectivity index is 1.70. The van der Waals surface area contributed by atoms with E-state index in [2.05, 4.69) is 5.32 Å². The van der Waals surface area contributed by atoms with E-state index in [-0.39, 0.29) is 24.8 Å². The van der Waals surface area contributed by atoms with Gasteiger partial charge in [-0.15, -0.1) is 0 Å². The number of benzene rings is 2. The second kappa shape index (κ2) is 7.06. The molecule has 1 aliphatic rings. The van der Waals surface area contributed by atoms with Crippen LogP contribution >= 0.6 is 0 Å². The van der Waals surface area contributed by atoms with Gasteiger partial charge in [-0.3, -0.25) is 9.59 Å². The predicted octanol–water partition coefficient (Wildman–Crippen LogP) is 4.31. The van der Waals surface area contributed by atoms with Crippen LogP contribution in [0.25, 0.3) is 0 Å². The molecule has 0 spiro atoms. The highest BCUT2D eigenvalue weighted by atomic mass is 19.4. The molecule has 2 aromatic rings. The van der Waals surface area contributed by atoms with E-state index in [1.807, 2.05) is 32.0 Å². The van der Waals surface area contributed by atoms with Crippen LogP contribution in [0.15, 0.2) is 42.5 Å². The first-order valence-corrected chi connectivity index (χ1v) is 8.51. The van der Waals surface area contributed by atoms with Crippen LogP contribution in [0.2, 0.25) is 0 Å². The monoisotopic (exact) mass is 376 g/mol. The Kier molecular flexibility index (Phi) is 4.95. The third-order valence-corrected chi connectivity index (χ3v) is 4.64. The van der Waals surface area contributed by atoms with Crippen molar-refractivity contribution in [2.45, 2.75) is 26.4 Å². The summed E-state index contributed by atoms with van der Waals surface area (Å²) in [5.74, 6) is -1.11. The molecule has 2 amide bonds. The number of rotatable bonds is 3. The number of nitrogens with one attached hydrogen (secondary N) is 1. The average Bonchev–Trinajstić information content (AvgIpc) is 2.98. The van der Waals surface area contributed by atoms with Crippen molar-refractivity contribution in [3.8, 4) is 0 Å². The summed E-state index contributed by atoms with van der Waals surface area (Å²) in [6.07, 6.45) is -4.40. The second-order valence-electron chi connectivity index (χ2n) is 6.76. The van der Waals surface area contributed by atoms with Gasteiger partial charge in [-0.1, -0.05) is 17.7 Å². The first-order chi connectivity index (χ1) is 12.6. The van der Waals surface area contributed by atoms with Crippen molar-refractivity contribution in [3.05, 3.63) is 59.2 Å². The van der Waals surface area contributed by atoms with Gasteiger partial charge in [-0.2, -0.15) is 13.2 Å². The number of hydrogen-bond acceptors (Lipinski definition) is 2. The van der Waals surface area contributed by atoms with Crippen LogP contribution in [0.3, 0.4) is 0 Å². The Morgan fingerprint density at radius 3 is 2.37 bits per heavy atom. The van der Waals surface area contributed by atoms with Crippen LogP contribution in [0.4, 0.5) is 24.5 Å². The molecule has 2 aromatic carbocycles. The lowest BCUT2D eigenvalue weighted by Crippen LogP contribution is -2.28. The molecule has 0 saturated carbocycles. The zero-order chi connectivity index (χ0) is 19.8. The smallest absolute Gasteiger partial charge is 0.326 e. The fourth-order valence-electron chi connectivity index (χ4n) is 3.15. The minimum Gasteiger partial charge on any atom is -0.326 e. The van der Waals surface area contributed by atoms with Gasteiger partial charge in [-0.25, -0.2) is 0 Å². The fourth-order valence-corrected chi connectivity index (χ4v) is 3.15. The van der Waals surface area contributed by atoms with E-state index in [0.29, 0.717) is 11.4 Å². The lowest BCUT2D eigenvalue weighted by atomic mass is 10.1. The van der Waals surface area contributed by atoms with Crippen molar-refractivity contribution < 1.29 is 22.8 Å². The average molecular weight is 376 g/mol. The molecule has 0 aliphatic carbocycles. The van der Waals surface area contributed by atoms with Gasteiger partial charge in [0.05, 0.1) is 11.5 Å². The van der Waals surface area contributed by atoms with E-state index < -0.39 is 17.7 Å². The number of hydrogen-bond donors (Lipinski definition) is 1. The molecule has 1 heterocycles. The molecular weight excluding hydrogens is 357 g/mol. The van der Waals surface area contributed by atoms with Crippen LogP contribution in [-0.2, 0) is 15.8 Å². The molecule has 142 valence electrons. The minimum absolute atomic E-state index is 0.0256. The molecule has 1 atom stereocenters. The zero-order valence-electron chi connectivity index (χ0n) is 14.9. The van der Waals surface area contributed by atoms with Gasteiger partial charge < -0.3 is 10.2 Å². The number of halogens is 3. The second-order valence-corrected chi connectivity index (χ2v) is 6.76. The fraction of sp³-hybridized carbons (Fsp3) is 0.300. The number of aryl methyl sites for hydroxylation is 2. The minimum atomic E-state index is -4.43. The molecule has 1 fully saturated rings. The highest BCUT2D eigenvalue weighted by Gasteiger charge is 2.36. The molecular formula is C20H19F3N2O2. The van der Waals surface area contributed by atoms with E-state index >= 15 is 0 Å². The van der Waals surface area contributed by atoms with Crippen LogP contribution in [0.1, 0.15) is 23.1 Å². The normalized spacial score (nSPS) is 17.3. The SMILES string of the molecule is Cc1ccc(NC(=O)C2CC(=O)N(c3ccc(C(F)(F)F)cc3)C2)c(C)c1. The van der Waals surface area contributed by atoms with Crippen LogP contribution in [0, 0.1) is 19.8 Å². The Hall–Kier alpha value is -2.83. The number of amides is 2. The number of carbonyl (C=O) groups is 2. The summed E-state index contributed by atoms with van der Waals surface area (Å²) in [4.78, 5) is 26.1. The molecule has 27 heavy (non-hydrogen) atoms. The van der Waals surface area contributed by atoms with E-state index in [4.69, 9.17) is 0 Å². The summed E-state index contributed by atoms with van der Waals surface area (Å²) < 4.78 is 38.0. The summed E-state index contributed by atoms with van der Waals surface area (Å²) in [5.41, 5.74) is 2.27. The van der Waals surface area contributed by atoms with Gasteiger partial charge >= 0.3 is 6.18 Å². The van der Waals surface area contributed by atoms with E-state index in [1.54, 1.807) is 0 Å². The van der Waals surface area contributed by atoms with Crippen LogP contribution in [-0.4, -0.2) is 18.4 Å². The largest absolute Gasteiger partial charge is 0.416 e. The molecule has 7 heteroatoms. The number of nitrogens with zero attached hydrogens (tertiary/aromatic N) is 1. The first kappa shape index (κ1) is 18.9. The van der Waals surface area contributed by atoms with Crippen molar-refractivity contribution in [3.63, 3.8) is 0 Å². The highest BCUT2D eigenvalue weighted by molar-refractivity contribution is 6.03. The van der Waals surface area contributed by atoms with E-state index in [0.717, 1.165) is 23.3 Å². The molecule has 1 unspecified atom stereocenters. The molecule has 3 rings (SSSR count). The number of anilines is 2. The Morgan fingerprint density at radius 1 is 1.11 bits per heavy atom. The summed E-state index contributed by atoms with van der Waals surface area (Å²) in [7, 11) is 0. The van der Waals surface area contributed by atoms with E-state index in [9.17, 15) is 22.8 Å². The Labute approximate surface area is 155 Å². The zero-order valence-corrected chi connectivity index (χ0v) is 14.9. The molecule has 1 saturated heterocycles. The van der Waals surface area contributed by atoms with Crippen molar-refractivity contribution in [2.75, 3.05) is 16.8 Å². The van der Waals surface area contributed by atoms with Crippen molar-refractivity contribution in [2.24, 2.45) is 5.92 Å². The molecule has 0 radical (unpaired) electrons. The third-order valence-electron chi connectivity index (χ3n) is 4.64. The lowest BCUT2D eigenvalue weighted by molar-refractivity contribution is -0.137. The maximum absolute atomic E-state index is 12.7. The molecule has 4 nitrogen and oxygen atoms in total. The van der Waals surface area contributed by atoms with Crippen LogP contribution in [0.5, 0.6) is 0 Å². The molecule has 0 aromatic heterocycles. The van der Waals surface area contributed by atoms with Gasteiger partial charge in [0.1, 0.15) is 0 Å². The predicted molar refractivity (Wildman–Crippen MR) is 96.4 cm³/mol. The van der Waals surface area contributed by atoms with Gasteiger partial charge in [0.2, 0.25) is 11.8 Å². The van der Waals surface area contributed by atoms with Crippen LogP contribution < -0.4 is 10.2 Å². The summed E-state index contributed by atoms with van der Waals surface area (Å²) >= 11 is 0. The highest BCUT2D eigenvalue weighted by Crippen LogP contribution is 2.32. The van der Waals surface area contributed by atoms with Gasteiger partial charge in [0.15, 0.2) is 0 Å². The third kappa shape index (κ3) is 4.13. The quantitative estimate of drug-likeness (QED) is 0.868. The van der Waals surface area contributed by atoms with Gasteiger partial charge in [0.25, 0.3) is 0 Å². The van der Waals surface area contributed by atoms with Crippen molar-refractivity contribution in [1.29, 1.82) is 0 Å². The maximum Gasteiger partial charge on any atom is 0.416 e. The Morgan fingerprint density at radius 2 is 1.78 bits per heavy atom. The molecule has 1 aliphatic heterocycles. The summed E-state index contributed by atoms with van der Waals surface area (Å²) in [6.45, 7) is 3.98. The van der Waals surface area contributed by atoms with Crippen molar-refractivity contribution >= 4 is 23.2 Å². The van der Waals surface area contributed by atoms with E-state index in [1.165, 1.54) is 17.0 Å². The first-order valence-electron chi connectivity index (χ1n) is 8.51. The number of carbonyl (C=O) groups excluding carboxylic acids is 2. The van der Waals surface area contributed by atoms with Gasteiger partial charge in [-0.05, 0) is 49.7 Å². The Bertz CT molecular complexity index is 876. The van der Waals surface area contributed by atoms with Crippen molar-refractivity contribution in [1.82, 2.24) is 0 Å². The summed E-state index contributed by atoms with van der Waals surface area (Å²) in [5, 5.41) is 2.83. The van der Waals surface area contributed by atoms with Gasteiger partial charge in [0, 0.05) is 24.3 Å². The number of alkyl halides is 3. The standard InChI is InChI=1S/C20H19F3N2O2/c1-12-3-8-17(13(2)9-12)24-19(27)14-10-18(26)25(11-14)16-6-4-15(5-7-16)20(21,22)23/h3-9,14H,10-11H2,1-2H3,(H,24,27). The molecule has 0 bridgehead atoms. The molecule has 1 N–H and O–H groups in total. The topological polar surface area (TPSA) is 49.4 Å². The maximum atomic E-state index is 12.7. The lowest BCUT2D eigenvalue weighted by Gasteiger charge is -2.18. The summed E-state index contributed by atoms with van der Waals surface area (Å²) in [6, 6.07) is 10.0.